The van der Waals surface area contributed by atoms with Crippen molar-refractivity contribution in [2.45, 2.75) is 57.9 Å². The summed E-state index contributed by atoms with van der Waals surface area (Å²) in [6, 6.07) is 8.74. The van der Waals surface area contributed by atoms with Gasteiger partial charge in [0.05, 0.1) is 12.7 Å². The Morgan fingerprint density at radius 2 is 1.94 bits per heavy atom. The molecule has 0 radical (unpaired) electrons. The summed E-state index contributed by atoms with van der Waals surface area (Å²) in [5.74, 6) is 1.44. The fourth-order valence-electron chi connectivity index (χ4n) is 4.76. The Labute approximate surface area is 185 Å². The van der Waals surface area contributed by atoms with E-state index in [0.717, 1.165) is 71.0 Å². The largest absolute Gasteiger partial charge is 0.493 e. The molecule has 0 aromatic heterocycles. The summed E-state index contributed by atoms with van der Waals surface area (Å²) in [5.41, 5.74) is 0.781. The highest BCUT2D eigenvalue weighted by molar-refractivity contribution is 5.68. The molecule has 3 aliphatic heterocycles. The van der Waals surface area contributed by atoms with Crippen molar-refractivity contribution < 1.29 is 19.4 Å². The Bertz CT molecular complexity index is 759. The highest BCUT2D eigenvalue weighted by Gasteiger charge is 2.36. The average molecular weight is 432 g/mol. The number of carbonyl (C=O) groups excluding carboxylic acids is 1. The van der Waals surface area contributed by atoms with Crippen LogP contribution in [0.4, 0.5) is 4.79 Å². The first-order chi connectivity index (χ1) is 14.7. The number of benzene rings is 1. The first kappa shape index (κ1) is 22.4. The zero-order valence-electron chi connectivity index (χ0n) is 19.1. The van der Waals surface area contributed by atoms with Crippen LogP contribution in [0, 0.1) is 5.92 Å². The smallest absolute Gasteiger partial charge is 0.410 e. The fourth-order valence-corrected chi connectivity index (χ4v) is 4.76. The van der Waals surface area contributed by atoms with E-state index >= 15 is 0 Å². The molecule has 1 amide bonds. The number of rotatable bonds is 5. The maximum Gasteiger partial charge on any atom is 0.410 e. The van der Waals surface area contributed by atoms with Gasteiger partial charge in [0, 0.05) is 57.8 Å². The van der Waals surface area contributed by atoms with Crippen LogP contribution in [-0.4, -0.2) is 89.5 Å². The van der Waals surface area contributed by atoms with Crippen LogP contribution in [0.15, 0.2) is 24.3 Å². The number of piperidine rings is 1. The van der Waals surface area contributed by atoms with E-state index in [9.17, 15) is 9.90 Å². The van der Waals surface area contributed by atoms with Gasteiger partial charge in [-0.2, -0.15) is 0 Å². The molecule has 3 fully saturated rings. The van der Waals surface area contributed by atoms with Gasteiger partial charge in [-0.25, -0.2) is 4.79 Å². The van der Waals surface area contributed by atoms with Gasteiger partial charge in [-0.15, -0.1) is 0 Å². The number of carbonyl (C=O) groups is 1. The zero-order valence-corrected chi connectivity index (χ0v) is 19.1. The highest BCUT2D eigenvalue weighted by atomic mass is 16.6. The second-order valence-corrected chi connectivity index (χ2v) is 10.3. The number of piperazine rings is 1. The van der Waals surface area contributed by atoms with Crippen molar-refractivity contribution >= 4 is 6.09 Å². The molecule has 2 atom stereocenters. The minimum atomic E-state index is -0.447. The van der Waals surface area contributed by atoms with E-state index in [1.165, 1.54) is 5.56 Å². The number of hydrogen-bond acceptors (Lipinski definition) is 6. The van der Waals surface area contributed by atoms with E-state index < -0.39 is 5.60 Å². The fraction of sp³-hybridized carbons (Fsp3) is 0.708. The Kier molecular flexibility index (Phi) is 6.74. The minimum absolute atomic E-state index is 0.166. The first-order valence-corrected chi connectivity index (χ1v) is 11.6. The van der Waals surface area contributed by atoms with Crippen molar-refractivity contribution in [3.8, 4) is 5.75 Å². The molecule has 3 aliphatic rings. The number of nitrogens with zero attached hydrogens (tertiary/aromatic N) is 3. The van der Waals surface area contributed by atoms with E-state index in [-0.39, 0.29) is 12.2 Å². The van der Waals surface area contributed by atoms with E-state index in [2.05, 4.69) is 21.9 Å². The third-order valence-corrected chi connectivity index (χ3v) is 6.39. The normalized spacial score (nSPS) is 25.6. The first-order valence-electron chi connectivity index (χ1n) is 11.6. The van der Waals surface area contributed by atoms with Gasteiger partial charge < -0.3 is 19.5 Å². The standard InChI is InChI=1S/C24H37N3O4/c1-24(2,3)31-23(29)27-10-9-26-13-19(7-8-20(26)14-27)17-30-22-6-4-5-18(11-22)12-25-15-21(28)16-25/h4-6,11,19-21,28H,7-10,12-17H2,1-3H3/t19-,20+/m1/s1. The minimum Gasteiger partial charge on any atom is -0.493 e. The predicted molar refractivity (Wildman–Crippen MR) is 119 cm³/mol. The zero-order chi connectivity index (χ0) is 22.0. The maximum absolute atomic E-state index is 12.4. The average Bonchev–Trinajstić information content (AvgIpc) is 2.69. The van der Waals surface area contributed by atoms with Crippen LogP contribution >= 0.6 is 0 Å². The summed E-state index contributed by atoms with van der Waals surface area (Å²) < 4.78 is 11.7. The van der Waals surface area contributed by atoms with Gasteiger partial charge >= 0.3 is 6.09 Å². The van der Waals surface area contributed by atoms with Crippen LogP contribution in [0.3, 0.4) is 0 Å². The molecule has 0 spiro atoms. The molecule has 0 bridgehead atoms. The third kappa shape index (κ3) is 6.11. The summed E-state index contributed by atoms with van der Waals surface area (Å²) in [6.07, 6.45) is 1.85. The Morgan fingerprint density at radius 3 is 2.68 bits per heavy atom. The molecule has 0 aliphatic carbocycles. The van der Waals surface area contributed by atoms with E-state index in [4.69, 9.17) is 9.47 Å². The molecule has 3 saturated heterocycles. The van der Waals surface area contributed by atoms with Crippen LogP contribution in [0.25, 0.3) is 0 Å². The molecule has 0 unspecified atom stereocenters. The molecule has 7 nitrogen and oxygen atoms in total. The van der Waals surface area contributed by atoms with Crippen molar-refractivity contribution in [3.05, 3.63) is 29.8 Å². The monoisotopic (exact) mass is 431 g/mol. The van der Waals surface area contributed by atoms with Gasteiger partial charge in [0.2, 0.25) is 0 Å². The number of aliphatic hydroxyl groups is 1. The van der Waals surface area contributed by atoms with Crippen molar-refractivity contribution in [1.82, 2.24) is 14.7 Å². The number of fused-ring (bicyclic) bond motifs is 1. The number of amides is 1. The summed E-state index contributed by atoms with van der Waals surface area (Å²) in [7, 11) is 0. The Morgan fingerprint density at radius 1 is 1.13 bits per heavy atom. The number of hydrogen-bond donors (Lipinski definition) is 1. The molecule has 7 heteroatoms. The van der Waals surface area contributed by atoms with Crippen molar-refractivity contribution in [3.63, 3.8) is 0 Å². The lowest BCUT2D eigenvalue weighted by Crippen LogP contribution is -2.58. The number of β-amino-alcohol motifs (C(OH)–C–C–N with tert-alkyl or cyclic N) is 1. The number of likely N-dealkylation sites (tertiary alicyclic amines) is 1. The molecule has 1 aromatic rings. The Balaban J connectivity index is 1.22. The van der Waals surface area contributed by atoms with Crippen LogP contribution in [-0.2, 0) is 11.3 Å². The predicted octanol–water partition coefficient (Wildman–Crippen LogP) is 2.57. The molecule has 0 saturated carbocycles. The lowest BCUT2D eigenvalue weighted by Gasteiger charge is -2.46. The molecule has 1 N–H and O–H groups in total. The lowest BCUT2D eigenvalue weighted by molar-refractivity contribution is -0.0123. The molecule has 3 heterocycles. The second kappa shape index (κ2) is 9.35. The van der Waals surface area contributed by atoms with Gasteiger partial charge in [0.1, 0.15) is 11.4 Å². The quantitative estimate of drug-likeness (QED) is 0.773. The molecular weight excluding hydrogens is 394 g/mol. The van der Waals surface area contributed by atoms with E-state index in [0.29, 0.717) is 12.0 Å². The van der Waals surface area contributed by atoms with Gasteiger partial charge in [0.15, 0.2) is 0 Å². The highest BCUT2D eigenvalue weighted by Crippen LogP contribution is 2.27. The number of ether oxygens (including phenoxy) is 2. The van der Waals surface area contributed by atoms with Crippen LogP contribution < -0.4 is 4.74 Å². The molecular formula is C24H37N3O4. The van der Waals surface area contributed by atoms with Crippen molar-refractivity contribution in [1.29, 1.82) is 0 Å². The van der Waals surface area contributed by atoms with Crippen molar-refractivity contribution in [2.24, 2.45) is 5.92 Å². The third-order valence-electron chi connectivity index (χ3n) is 6.39. The van der Waals surface area contributed by atoms with Crippen LogP contribution in [0.1, 0.15) is 39.2 Å². The van der Waals surface area contributed by atoms with Crippen LogP contribution in [0.5, 0.6) is 5.75 Å². The summed E-state index contributed by atoms with van der Waals surface area (Å²) in [4.78, 5) is 19.0. The SMILES string of the molecule is CC(C)(C)OC(=O)N1CCN2C[C@H](COc3cccc(CN4CC(O)C4)c3)CC[C@H]2C1. The molecule has 1 aromatic carbocycles. The van der Waals surface area contributed by atoms with Gasteiger partial charge in [0.25, 0.3) is 0 Å². The van der Waals surface area contributed by atoms with Gasteiger partial charge in [-0.3, -0.25) is 9.80 Å². The van der Waals surface area contributed by atoms with Gasteiger partial charge in [-0.05, 0) is 51.3 Å². The number of aliphatic hydroxyl groups excluding tert-OH is 1. The van der Waals surface area contributed by atoms with Crippen molar-refractivity contribution in [2.75, 3.05) is 45.9 Å². The molecule has 172 valence electrons. The molecule has 4 rings (SSSR count). The van der Waals surface area contributed by atoms with Crippen LogP contribution in [0.2, 0.25) is 0 Å². The lowest BCUT2D eigenvalue weighted by atomic mass is 9.91. The Hall–Kier alpha value is -1.83. The van der Waals surface area contributed by atoms with Gasteiger partial charge in [-0.1, -0.05) is 12.1 Å². The van der Waals surface area contributed by atoms with E-state index in [1.807, 2.05) is 37.8 Å². The second-order valence-electron chi connectivity index (χ2n) is 10.3. The summed E-state index contributed by atoms with van der Waals surface area (Å²) in [6.45, 7) is 12.3. The summed E-state index contributed by atoms with van der Waals surface area (Å²) in [5, 5.41) is 9.45. The topological polar surface area (TPSA) is 65.5 Å². The maximum atomic E-state index is 12.4. The van der Waals surface area contributed by atoms with E-state index in [1.54, 1.807) is 0 Å². The summed E-state index contributed by atoms with van der Waals surface area (Å²) >= 11 is 0. The molecule has 31 heavy (non-hydrogen) atoms.